The fourth-order valence-corrected chi connectivity index (χ4v) is 1.88. The van der Waals surface area contributed by atoms with Crippen LogP contribution in [0.25, 0.3) is 6.08 Å². The smallest absolute Gasteiger partial charge is 0.248 e. The van der Waals surface area contributed by atoms with Crippen molar-refractivity contribution in [2.24, 2.45) is 0 Å². The highest BCUT2D eigenvalue weighted by atomic mass is 35.5. The van der Waals surface area contributed by atoms with E-state index in [4.69, 9.17) is 11.6 Å². The van der Waals surface area contributed by atoms with Crippen LogP contribution in [0.5, 0.6) is 0 Å². The monoisotopic (exact) mass is 285 g/mol. The number of aryl methyl sites for hydroxylation is 2. The van der Waals surface area contributed by atoms with E-state index >= 15 is 0 Å². The van der Waals surface area contributed by atoms with Crippen LogP contribution in [-0.2, 0) is 4.79 Å². The first-order valence-corrected chi connectivity index (χ1v) is 6.74. The van der Waals surface area contributed by atoms with E-state index in [0.717, 1.165) is 11.1 Å². The topological polar surface area (TPSA) is 29.1 Å². The Balaban J connectivity index is 2.01. The lowest BCUT2D eigenvalue weighted by Gasteiger charge is -2.04. The number of hydrogen-bond donors (Lipinski definition) is 1. The van der Waals surface area contributed by atoms with Gasteiger partial charge in [-0.25, -0.2) is 0 Å². The lowest BCUT2D eigenvalue weighted by atomic mass is 10.1. The fourth-order valence-electron chi connectivity index (χ4n) is 1.70. The summed E-state index contributed by atoms with van der Waals surface area (Å²) in [6, 6.07) is 13.4. The van der Waals surface area contributed by atoms with E-state index in [1.165, 1.54) is 11.6 Å². The maximum atomic E-state index is 11.8. The Labute approximate surface area is 124 Å². The number of nitrogens with one attached hydrogen (secondary N) is 1. The average Bonchev–Trinajstić information content (AvgIpc) is 2.42. The Hall–Kier alpha value is -2.06. The summed E-state index contributed by atoms with van der Waals surface area (Å²) in [7, 11) is 0. The molecule has 2 aromatic carbocycles. The Morgan fingerprint density at radius 1 is 1.10 bits per heavy atom. The highest BCUT2D eigenvalue weighted by molar-refractivity contribution is 6.31. The molecule has 2 rings (SSSR count). The first-order valence-electron chi connectivity index (χ1n) is 6.36. The van der Waals surface area contributed by atoms with Crippen molar-refractivity contribution in [3.8, 4) is 0 Å². The van der Waals surface area contributed by atoms with Gasteiger partial charge >= 0.3 is 0 Å². The average molecular weight is 286 g/mol. The molecule has 0 unspecified atom stereocenters. The van der Waals surface area contributed by atoms with E-state index in [9.17, 15) is 4.79 Å². The van der Waals surface area contributed by atoms with Gasteiger partial charge in [0.05, 0.1) is 0 Å². The molecule has 0 spiro atoms. The number of benzene rings is 2. The van der Waals surface area contributed by atoms with Gasteiger partial charge in [-0.2, -0.15) is 0 Å². The molecule has 0 bridgehead atoms. The molecule has 3 heteroatoms. The number of carbonyl (C=O) groups excluding carboxylic acids is 1. The molecule has 0 aliphatic rings. The first-order chi connectivity index (χ1) is 9.54. The molecule has 0 aliphatic carbocycles. The Morgan fingerprint density at radius 2 is 1.80 bits per heavy atom. The van der Waals surface area contributed by atoms with Crippen LogP contribution in [0.3, 0.4) is 0 Å². The first kappa shape index (κ1) is 14.4. The summed E-state index contributed by atoms with van der Waals surface area (Å²) in [4.78, 5) is 11.8. The van der Waals surface area contributed by atoms with Crippen LogP contribution in [0, 0.1) is 13.8 Å². The predicted molar refractivity (Wildman–Crippen MR) is 85.0 cm³/mol. The summed E-state index contributed by atoms with van der Waals surface area (Å²) >= 11 is 6.02. The van der Waals surface area contributed by atoms with Gasteiger partial charge in [0.2, 0.25) is 5.91 Å². The van der Waals surface area contributed by atoms with Gasteiger partial charge in [-0.05, 0) is 43.2 Å². The highest BCUT2D eigenvalue weighted by Crippen LogP contribution is 2.19. The SMILES string of the molecule is Cc1ccc(/C=C/C(=O)Nc2ccc(C)c(Cl)c2)cc1. The maximum Gasteiger partial charge on any atom is 0.248 e. The molecular weight excluding hydrogens is 270 g/mol. The molecule has 1 amide bonds. The minimum absolute atomic E-state index is 0.175. The third-order valence-electron chi connectivity index (χ3n) is 2.94. The van der Waals surface area contributed by atoms with Crippen LogP contribution in [-0.4, -0.2) is 5.91 Å². The van der Waals surface area contributed by atoms with Crippen molar-refractivity contribution in [3.05, 3.63) is 70.3 Å². The molecule has 0 atom stereocenters. The van der Waals surface area contributed by atoms with E-state index in [2.05, 4.69) is 5.32 Å². The normalized spacial score (nSPS) is 10.8. The second-order valence-corrected chi connectivity index (χ2v) is 5.10. The van der Waals surface area contributed by atoms with Crippen LogP contribution < -0.4 is 5.32 Å². The molecule has 0 heterocycles. The third-order valence-corrected chi connectivity index (χ3v) is 3.35. The molecule has 2 nitrogen and oxygen atoms in total. The zero-order chi connectivity index (χ0) is 14.5. The number of rotatable bonds is 3. The summed E-state index contributed by atoms with van der Waals surface area (Å²) in [5.41, 5.74) is 3.87. The lowest BCUT2D eigenvalue weighted by Crippen LogP contribution is -2.07. The minimum Gasteiger partial charge on any atom is -0.322 e. The van der Waals surface area contributed by atoms with Gasteiger partial charge in [0, 0.05) is 16.8 Å². The quantitative estimate of drug-likeness (QED) is 0.820. The summed E-state index contributed by atoms with van der Waals surface area (Å²) in [6.45, 7) is 3.95. The molecule has 20 heavy (non-hydrogen) atoms. The molecule has 2 aromatic rings. The van der Waals surface area contributed by atoms with Crippen LogP contribution in [0.4, 0.5) is 5.69 Å². The van der Waals surface area contributed by atoms with E-state index in [0.29, 0.717) is 10.7 Å². The van der Waals surface area contributed by atoms with Crippen molar-refractivity contribution < 1.29 is 4.79 Å². The molecule has 1 N–H and O–H groups in total. The van der Waals surface area contributed by atoms with Gasteiger partial charge in [0.25, 0.3) is 0 Å². The summed E-state index contributed by atoms with van der Waals surface area (Å²) < 4.78 is 0. The largest absolute Gasteiger partial charge is 0.322 e. The molecule has 0 saturated carbocycles. The van der Waals surface area contributed by atoms with Gasteiger partial charge in [-0.15, -0.1) is 0 Å². The van der Waals surface area contributed by atoms with E-state index in [1.54, 1.807) is 12.1 Å². The molecule has 0 saturated heterocycles. The Bertz CT molecular complexity index is 645. The van der Waals surface area contributed by atoms with Crippen LogP contribution in [0.15, 0.2) is 48.5 Å². The van der Waals surface area contributed by atoms with Gasteiger partial charge in [-0.1, -0.05) is 47.5 Å². The highest BCUT2D eigenvalue weighted by Gasteiger charge is 2.00. The Kier molecular flexibility index (Phi) is 4.59. The van der Waals surface area contributed by atoms with E-state index in [1.807, 2.05) is 50.2 Å². The summed E-state index contributed by atoms with van der Waals surface area (Å²) in [6.07, 6.45) is 3.29. The second-order valence-electron chi connectivity index (χ2n) is 4.70. The van der Waals surface area contributed by atoms with Crippen molar-refractivity contribution in [1.29, 1.82) is 0 Å². The second kappa shape index (κ2) is 6.40. The van der Waals surface area contributed by atoms with Crippen LogP contribution in [0.2, 0.25) is 5.02 Å². The van der Waals surface area contributed by atoms with Crippen molar-refractivity contribution in [2.45, 2.75) is 13.8 Å². The molecular formula is C17H16ClNO. The van der Waals surface area contributed by atoms with Gasteiger partial charge in [-0.3, -0.25) is 4.79 Å². The maximum absolute atomic E-state index is 11.8. The standard InChI is InChI=1S/C17H16ClNO/c1-12-3-6-14(7-4-12)8-10-17(20)19-15-9-5-13(2)16(18)11-15/h3-11H,1-2H3,(H,19,20)/b10-8+. The van der Waals surface area contributed by atoms with E-state index < -0.39 is 0 Å². The molecule has 0 radical (unpaired) electrons. The minimum atomic E-state index is -0.175. The van der Waals surface area contributed by atoms with Crippen molar-refractivity contribution in [1.82, 2.24) is 0 Å². The van der Waals surface area contributed by atoms with Crippen LogP contribution >= 0.6 is 11.6 Å². The molecule has 102 valence electrons. The zero-order valence-electron chi connectivity index (χ0n) is 11.5. The number of halogens is 1. The number of carbonyl (C=O) groups is 1. The molecule has 0 aliphatic heterocycles. The summed E-state index contributed by atoms with van der Waals surface area (Å²) in [5, 5.41) is 3.43. The predicted octanol–water partition coefficient (Wildman–Crippen LogP) is 4.61. The third kappa shape index (κ3) is 3.97. The molecule has 0 fully saturated rings. The zero-order valence-corrected chi connectivity index (χ0v) is 12.2. The van der Waals surface area contributed by atoms with Crippen molar-refractivity contribution in [3.63, 3.8) is 0 Å². The number of amides is 1. The van der Waals surface area contributed by atoms with Crippen molar-refractivity contribution in [2.75, 3.05) is 5.32 Å². The summed E-state index contributed by atoms with van der Waals surface area (Å²) in [5.74, 6) is -0.175. The number of anilines is 1. The van der Waals surface area contributed by atoms with Crippen molar-refractivity contribution >= 4 is 29.3 Å². The van der Waals surface area contributed by atoms with Gasteiger partial charge in [0.1, 0.15) is 0 Å². The fraction of sp³-hybridized carbons (Fsp3) is 0.118. The van der Waals surface area contributed by atoms with Crippen LogP contribution in [0.1, 0.15) is 16.7 Å². The van der Waals surface area contributed by atoms with E-state index in [-0.39, 0.29) is 5.91 Å². The number of hydrogen-bond acceptors (Lipinski definition) is 1. The van der Waals surface area contributed by atoms with Gasteiger partial charge in [0.15, 0.2) is 0 Å². The van der Waals surface area contributed by atoms with Gasteiger partial charge < -0.3 is 5.32 Å². The molecule has 0 aromatic heterocycles. The Morgan fingerprint density at radius 3 is 2.45 bits per heavy atom. The lowest BCUT2D eigenvalue weighted by molar-refractivity contribution is -0.111.